The van der Waals surface area contributed by atoms with Crippen LogP contribution in [0.2, 0.25) is 10.2 Å². The molecule has 1 N–H and O–H groups in total. The first kappa shape index (κ1) is 14.0. The molecule has 5 nitrogen and oxygen atoms in total. The number of hydrogen-bond acceptors (Lipinski definition) is 3. The molecule has 0 fully saturated rings. The maximum absolute atomic E-state index is 12.2. The Bertz CT molecular complexity index is 720. The molecular formula is C11H10Cl2N3O2S+. The number of anilines is 1. The predicted molar refractivity (Wildman–Crippen MR) is 72.7 cm³/mol. The molecule has 0 bridgehead atoms. The third-order valence-electron chi connectivity index (χ3n) is 2.36. The Morgan fingerprint density at radius 1 is 1.26 bits per heavy atom. The minimum Gasteiger partial charge on any atom is -0.257 e. The molecule has 19 heavy (non-hydrogen) atoms. The average Bonchev–Trinajstić information content (AvgIpc) is 2.35. The third kappa shape index (κ3) is 2.97. The lowest BCUT2D eigenvalue weighted by Gasteiger charge is -2.08. The number of nitrogens with zero attached hydrogens (tertiary/aromatic N) is 2. The Morgan fingerprint density at radius 2 is 1.95 bits per heavy atom. The summed E-state index contributed by atoms with van der Waals surface area (Å²) >= 11 is 11.8. The average molecular weight is 319 g/mol. The largest absolute Gasteiger partial charge is 0.318 e. The zero-order chi connectivity index (χ0) is 14.0. The van der Waals surface area contributed by atoms with Crippen LogP contribution in [0.4, 0.5) is 5.82 Å². The van der Waals surface area contributed by atoms with Crippen molar-refractivity contribution in [2.24, 2.45) is 7.05 Å². The van der Waals surface area contributed by atoms with E-state index < -0.39 is 10.0 Å². The quantitative estimate of drug-likeness (QED) is 0.880. The molecule has 0 unspecified atom stereocenters. The van der Waals surface area contributed by atoms with Crippen molar-refractivity contribution < 1.29 is 13.0 Å². The monoisotopic (exact) mass is 318 g/mol. The van der Waals surface area contributed by atoms with Crippen LogP contribution in [0.5, 0.6) is 0 Å². The summed E-state index contributed by atoms with van der Waals surface area (Å²) in [5.41, 5.74) is 0. The molecular weight excluding hydrogens is 309 g/mol. The lowest BCUT2D eigenvalue weighted by atomic mass is 10.4. The lowest BCUT2D eigenvalue weighted by Crippen LogP contribution is -2.31. The minimum atomic E-state index is -3.83. The fraction of sp³-hybridized carbons (Fsp3) is 0.0909. The van der Waals surface area contributed by atoms with Gasteiger partial charge in [-0.2, -0.15) is 4.57 Å². The summed E-state index contributed by atoms with van der Waals surface area (Å²) in [6.07, 6.45) is 3.05. The highest BCUT2D eigenvalue weighted by Gasteiger charge is 2.22. The summed E-state index contributed by atoms with van der Waals surface area (Å²) in [5, 5.41) is 0.310. The number of aryl methyl sites for hydroxylation is 1. The number of sulfonamides is 1. The van der Waals surface area contributed by atoms with E-state index in [1.165, 1.54) is 18.3 Å². The number of benzene rings is 1. The Hall–Kier alpha value is -1.37. The molecule has 0 amide bonds. The van der Waals surface area contributed by atoms with Crippen molar-refractivity contribution >= 4 is 39.0 Å². The second kappa shape index (κ2) is 5.32. The molecule has 0 saturated carbocycles. The van der Waals surface area contributed by atoms with Crippen molar-refractivity contribution in [3.63, 3.8) is 0 Å². The van der Waals surface area contributed by atoms with Gasteiger partial charge in [0.05, 0.1) is 11.2 Å². The van der Waals surface area contributed by atoms with Gasteiger partial charge in [-0.25, -0.2) is 13.4 Å². The summed E-state index contributed by atoms with van der Waals surface area (Å²) in [7, 11) is -2.15. The van der Waals surface area contributed by atoms with Gasteiger partial charge in [-0.3, -0.25) is 4.72 Å². The first-order chi connectivity index (χ1) is 8.92. The molecule has 0 aliphatic rings. The van der Waals surface area contributed by atoms with E-state index in [0.29, 0.717) is 0 Å². The van der Waals surface area contributed by atoms with Crippen LogP contribution in [0.15, 0.2) is 41.6 Å². The Balaban J connectivity index is 2.43. The van der Waals surface area contributed by atoms with Gasteiger partial charge in [0.25, 0.3) is 10.0 Å². The number of halogens is 2. The van der Waals surface area contributed by atoms with Crippen molar-refractivity contribution in [3.8, 4) is 0 Å². The predicted octanol–water partition coefficient (Wildman–Crippen LogP) is 2.01. The molecule has 2 rings (SSSR count). The Labute approximate surface area is 120 Å². The van der Waals surface area contributed by atoms with Crippen LogP contribution in [0.3, 0.4) is 0 Å². The molecule has 0 spiro atoms. The smallest absolute Gasteiger partial charge is 0.257 e. The van der Waals surface area contributed by atoms with Gasteiger partial charge in [0.2, 0.25) is 5.82 Å². The second-order valence-electron chi connectivity index (χ2n) is 3.71. The molecule has 0 aliphatic heterocycles. The van der Waals surface area contributed by atoms with Crippen LogP contribution in [0.1, 0.15) is 0 Å². The van der Waals surface area contributed by atoms with Crippen LogP contribution < -0.4 is 9.29 Å². The molecule has 0 aliphatic carbocycles. The highest BCUT2D eigenvalue weighted by Crippen LogP contribution is 2.24. The van der Waals surface area contributed by atoms with Crippen molar-refractivity contribution in [2.45, 2.75) is 4.90 Å². The van der Waals surface area contributed by atoms with Gasteiger partial charge in [0.15, 0.2) is 6.20 Å². The lowest BCUT2D eigenvalue weighted by molar-refractivity contribution is -0.669. The summed E-state index contributed by atoms with van der Waals surface area (Å²) in [6, 6.07) is 6.13. The van der Waals surface area contributed by atoms with Gasteiger partial charge in [0.1, 0.15) is 11.9 Å². The number of nitrogens with one attached hydrogen (secondary N) is 1. The molecule has 2 aromatic rings. The van der Waals surface area contributed by atoms with Crippen LogP contribution in [0.25, 0.3) is 0 Å². The number of rotatable bonds is 3. The van der Waals surface area contributed by atoms with E-state index in [1.807, 2.05) is 0 Å². The fourth-order valence-electron chi connectivity index (χ4n) is 1.41. The van der Waals surface area contributed by atoms with Crippen LogP contribution in [-0.4, -0.2) is 13.4 Å². The summed E-state index contributed by atoms with van der Waals surface area (Å²) < 4.78 is 28.2. The zero-order valence-corrected chi connectivity index (χ0v) is 12.2. The van der Waals surface area contributed by atoms with E-state index >= 15 is 0 Å². The zero-order valence-electron chi connectivity index (χ0n) is 9.84. The van der Waals surface area contributed by atoms with Gasteiger partial charge in [-0.05, 0) is 23.7 Å². The molecule has 0 saturated heterocycles. The normalized spacial score (nSPS) is 11.3. The fourth-order valence-corrected chi connectivity index (χ4v) is 3.15. The minimum absolute atomic E-state index is 0.0268. The van der Waals surface area contributed by atoms with Crippen molar-refractivity contribution in [3.05, 3.63) is 46.8 Å². The summed E-state index contributed by atoms with van der Waals surface area (Å²) in [5.74, 6) is 0.0478. The van der Waals surface area contributed by atoms with E-state index in [2.05, 4.69) is 9.71 Å². The molecule has 1 heterocycles. The van der Waals surface area contributed by atoms with E-state index in [-0.39, 0.29) is 20.9 Å². The SMILES string of the molecule is C[n+]1ccnc(NS(=O)(=O)c2ccccc2Cl)c1Cl. The molecule has 1 aromatic heterocycles. The van der Waals surface area contributed by atoms with Crippen molar-refractivity contribution in [1.82, 2.24) is 4.98 Å². The first-order valence-corrected chi connectivity index (χ1v) is 7.43. The molecule has 1 aromatic carbocycles. The van der Waals surface area contributed by atoms with E-state index in [9.17, 15) is 8.42 Å². The topological polar surface area (TPSA) is 62.9 Å². The second-order valence-corrected chi connectivity index (χ2v) is 6.13. The first-order valence-electron chi connectivity index (χ1n) is 5.19. The van der Waals surface area contributed by atoms with E-state index in [1.54, 1.807) is 29.9 Å². The molecule has 8 heteroatoms. The third-order valence-corrected chi connectivity index (χ3v) is 4.64. The molecule has 0 atom stereocenters. The van der Waals surface area contributed by atoms with E-state index in [4.69, 9.17) is 23.2 Å². The summed E-state index contributed by atoms with van der Waals surface area (Å²) in [6.45, 7) is 0. The van der Waals surface area contributed by atoms with Gasteiger partial charge >= 0.3 is 5.15 Å². The van der Waals surface area contributed by atoms with Gasteiger partial charge in [-0.15, -0.1) is 0 Å². The number of aromatic nitrogens is 2. The van der Waals surface area contributed by atoms with Crippen molar-refractivity contribution in [2.75, 3.05) is 4.72 Å². The maximum atomic E-state index is 12.2. The Kier molecular flexibility index (Phi) is 3.93. The number of hydrogen-bond donors (Lipinski definition) is 1. The van der Waals surface area contributed by atoms with Gasteiger partial charge < -0.3 is 0 Å². The molecule has 100 valence electrons. The maximum Gasteiger partial charge on any atom is 0.318 e. The highest BCUT2D eigenvalue weighted by atomic mass is 35.5. The van der Waals surface area contributed by atoms with Gasteiger partial charge in [0, 0.05) is 0 Å². The van der Waals surface area contributed by atoms with Gasteiger partial charge in [-0.1, -0.05) is 23.7 Å². The highest BCUT2D eigenvalue weighted by molar-refractivity contribution is 7.92. The van der Waals surface area contributed by atoms with Crippen molar-refractivity contribution in [1.29, 1.82) is 0 Å². The van der Waals surface area contributed by atoms with Crippen LogP contribution in [0, 0.1) is 0 Å². The molecule has 0 radical (unpaired) electrons. The van der Waals surface area contributed by atoms with E-state index in [0.717, 1.165) is 0 Å². The Morgan fingerprint density at radius 3 is 2.63 bits per heavy atom. The van der Waals surface area contributed by atoms with Crippen LogP contribution in [-0.2, 0) is 17.1 Å². The van der Waals surface area contributed by atoms with Crippen LogP contribution >= 0.6 is 23.2 Å². The standard InChI is InChI=1S/C11H10Cl2N3O2S/c1-16-7-6-14-11(10(16)13)15-19(17,18)9-5-3-2-4-8(9)12/h2-7H,1H3,(H,14,15)/q+1. The summed E-state index contributed by atoms with van der Waals surface area (Å²) in [4.78, 5) is 3.87.